The van der Waals surface area contributed by atoms with E-state index in [0.717, 1.165) is 31.8 Å². The molecule has 9 heteroatoms. The van der Waals surface area contributed by atoms with Crippen molar-refractivity contribution in [2.24, 2.45) is 20.0 Å². The zero-order valence-electron chi connectivity index (χ0n) is 18.3. The van der Waals surface area contributed by atoms with Crippen LogP contribution in [0.25, 0.3) is 11.2 Å². The molecule has 3 heterocycles. The maximum absolute atomic E-state index is 13.0. The zero-order chi connectivity index (χ0) is 21.7. The molecule has 0 bridgehead atoms. The average Bonchev–Trinajstić information content (AvgIpc) is 3.07. The Balaban J connectivity index is 1.76. The number of nitrogens with one attached hydrogen (secondary N) is 1. The van der Waals surface area contributed by atoms with Gasteiger partial charge in [-0.25, -0.2) is 9.78 Å². The molecule has 30 heavy (non-hydrogen) atoms. The Bertz CT molecular complexity index is 997. The third-order valence-corrected chi connectivity index (χ3v) is 5.99. The number of rotatable bonds is 9. The van der Waals surface area contributed by atoms with Crippen LogP contribution in [0, 0.1) is 5.92 Å². The maximum Gasteiger partial charge on any atom is 0.332 e. The number of carbonyl (C=O) groups excluding carboxylic acids is 1. The van der Waals surface area contributed by atoms with Crippen molar-refractivity contribution in [2.45, 2.75) is 58.4 Å². The zero-order valence-corrected chi connectivity index (χ0v) is 18.3. The van der Waals surface area contributed by atoms with Crippen LogP contribution in [0.2, 0.25) is 0 Å². The quantitative estimate of drug-likeness (QED) is 0.483. The predicted molar refractivity (Wildman–Crippen MR) is 115 cm³/mol. The molecule has 0 amide bonds. The lowest BCUT2D eigenvalue weighted by Gasteiger charge is -2.22. The number of esters is 1. The Labute approximate surface area is 176 Å². The number of aromatic nitrogens is 4. The normalized spacial score (nSPS) is 15.0. The summed E-state index contributed by atoms with van der Waals surface area (Å²) < 4.78 is 9.53. The van der Waals surface area contributed by atoms with Gasteiger partial charge in [-0.3, -0.25) is 18.7 Å². The van der Waals surface area contributed by atoms with Gasteiger partial charge in [0.2, 0.25) is 0 Å². The fourth-order valence-corrected chi connectivity index (χ4v) is 4.25. The van der Waals surface area contributed by atoms with E-state index in [1.807, 2.05) is 11.6 Å². The summed E-state index contributed by atoms with van der Waals surface area (Å²) in [6, 6.07) is 0. The first-order valence-corrected chi connectivity index (χ1v) is 11.0. The van der Waals surface area contributed by atoms with Gasteiger partial charge >= 0.3 is 11.7 Å². The molecular formula is C21H33N5O4. The van der Waals surface area contributed by atoms with E-state index in [2.05, 4.69) is 10.3 Å². The molecule has 1 aliphatic heterocycles. The molecule has 0 aliphatic carbocycles. The molecule has 2 aromatic rings. The minimum atomic E-state index is -0.354. The van der Waals surface area contributed by atoms with Gasteiger partial charge in [-0.05, 0) is 58.0 Å². The maximum atomic E-state index is 13.0. The third-order valence-electron chi connectivity index (χ3n) is 5.99. The highest BCUT2D eigenvalue weighted by Gasteiger charge is 2.20. The lowest BCUT2D eigenvalue weighted by Crippen LogP contribution is -2.39. The van der Waals surface area contributed by atoms with Crippen molar-refractivity contribution in [1.29, 1.82) is 0 Å². The van der Waals surface area contributed by atoms with Crippen LogP contribution in [0.1, 0.15) is 51.3 Å². The van der Waals surface area contributed by atoms with E-state index < -0.39 is 0 Å². The SMILES string of the molecule is CCOC(=O)CCCCn1c(=O)c2nc(CCC3CCNCC3)n(C)c2n(C)c1=O. The van der Waals surface area contributed by atoms with E-state index in [1.165, 1.54) is 22.0 Å². The summed E-state index contributed by atoms with van der Waals surface area (Å²) in [6.07, 6.45) is 5.57. The molecule has 1 aliphatic rings. The van der Waals surface area contributed by atoms with Crippen molar-refractivity contribution >= 4 is 17.1 Å². The number of hydrogen-bond donors (Lipinski definition) is 1. The fourth-order valence-electron chi connectivity index (χ4n) is 4.25. The van der Waals surface area contributed by atoms with Crippen molar-refractivity contribution in [1.82, 2.24) is 24.0 Å². The van der Waals surface area contributed by atoms with E-state index in [-0.39, 0.29) is 30.2 Å². The minimum Gasteiger partial charge on any atom is -0.466 e. The number of nitrogens with zero attached hydrogens (tertiary/aromatic N) is 4. The van der Waals surface area contributed by atoms with Gasteiger partial charge in [-0.2, -0.15) is 0 Å². The van der Waals surface area contributed by atoms with Gasteiger partial charge in [0, 0.05) is 33.5 Å². The van der Waals surface area contributed by atoms with Crippen LogP contribution in [0.3, 0.4) is 0 Å². The molecule has 0 atom stereocenters. The lowest BCUT2D eigenvalue weighted by molar-refractivity contribution is -0.143. The molecule has 0 radical (unpaired) electrons. The van der Waals surface area contributed by atoms with Gasteiger partial charge in [0.15, 0.2) is 5.52 Å². The summed E-state index contributed by atoms with van der Waals surface area (Å²) >= 11 is 0. The van der Waals surface area contributed by atoms with Gasteiger partial charge in [0.05, 0.1) is 6.61 Å². The van der Waals surface area contributed by atoms with Crippen molar-refractivity contribution in [3.8, 4) is 0 Å². The Hall–Kier alpha value is -2.42. The van der Waals surface area contributed by atoms with E-state index in [4.69, 9.17) is 4.74 Å². The molecule has 9 nitrogen and oxygen atoms in total. The molecule has 1 saturated heterocycles. The minimum absolute atomic E-state index is 0.253. The highest BCUT2D eigenvalue weighted by Crippen LogP contribution is 2.19. The van der Waals surface area contributed by atoms with Crippen molar-refractivity contribution < 1.29 is 9.53 Å². The van der Waals surface area contributed by atoms with Gasteiger partial charge in [0.1, 0.15) is 11.5 Å². The molecular weight excluding hydrogens is 386 g/mol. The summed E-state index contributed by atoms with van der Waals surface area (Å²) in [5, 5.41) is 3.38. The summed E-state index contributed by atoms with van der Waals surface area (Å²) in [6.45, 7) is 4.51. The molecule has 0 aromatic carbocycles. The summed E-state index contributed by atoms with van der Waals surface area (Å²) in [5.41, 5.74) is 0.197. The molecule has 166 valence electrons. The number of ether oxygens (including phenoxy) is 1. The largest absolute Gasteiger partial charge is 0.466 e. The second kappa shape index (κ2) is 10.1. The number of fused-ring (bicyclic) bond motifs is 1. The number of imidazole rings is 1. The van der Waals surface area contributed by atoms with Gasteiger partial charge in [0.25, 0.3) is 5.56 Å². The van der Waals surface area contributed by atoms with E-state index >= 15 is 0 Å². The van der Waals surface area contributed by atoms with Crippen LogP contribution >= 0.6 is 0 Å². The van der Waals surface area contributed by atoms with E-state index in [9.17, 15) is 14.4 Å². The first-order chi connectivity index (χ1) is 14.4. The van der Waals surface area contributed by atoms with Crippen LogP contribution in [0.4, 0.5) is 0 Å². The number of piperidine rings is 1. The molecule has 1 N–H and O–H groups in total. The average molecular weight is 420 g/mol. The number of aryl methyl sites for hydroxylation is 3. The summed E-state index contributed by atoms with van der Waals surface area (Å²) in [4.78, 5) is 41.8. The van der Waals surface area contributed by atoms with Gasteiger partial charge in [-0.15, -0.1) is 0 Å². The first kappa shape index (κ1) is 22.3. The molecule has 0 saturated carbocycles. The summed E-state index contributed by atoms with van der Waals surface area (Å²) in [5.74, 6) is 1.26. The molecule has 1 fully saturated rings. The highest BCUT2D eigenvalue weighted by molar-refractivity contribution is 5.71. The van der Waals surface area contributed by atoms with E-state index in [0.29, 0.717) is 36.5 Å². The van der Waals surface area contributed by atoms with E-state index in [1.54, 1.807) is 14.0 Å². The fraction of sp³-hybridized carbons (Fsp3) is 0.714. The summed E-state index contributed by atoms with van der Waals surface area (Å²) in [7, 11) is 3.55. The first-order valence-electron chi connectivity index (χ1n) is 11.0. The number of carbonyl (C=O) groups is 1. The predicted octanol–water partition coefficient (Wildman–Crippen LogP) is 1.10. The lowest BCUT2D eigenvalue weighted by atomic mass is 9.93. The Morgan fingerprint density at radius 2 is 1.90 bits per heavy atom. The van der Waals surface area contributed by atoms with Crippen molar-refractivity contribution in [2.75, 3.05) is 19.7 Å². The van der Waals surface area contributed by atoms with Crippen molar-refractivity contribution in [3.05, 3.63) is 26.7 Å². The van der Waals surface area contributed by atoms with Crippen LogP contribution in [0.15, 0.2) is 9.59 Å². The molecule has 2 aromatic heterocycles. The standard InChI is InChI=1S/C21H33N5O4/c1-4-30-17(27)7-5-6-14-26-20(28)18-19(25(3)21(26)29)24(2)16(23-18)9-8-15-10-12-22-13-11-15/h15,22H,4-14H2,1-3H3. The molecule has 0 spiro atoms. The third kappa shape index (κ3) is 4.83. The molecule has 0 unspecified atom stereocenters. The topological polar surface area (TPSA) is 100 Å². The monoisotopic (exact) mass is 419 g/mol. The van der Waals surface area contributed by atoms with Gasteiger partial charge < -0.3 is 14.6 Å². The Kier molecular flexibility index (Phi) is 7.47. The van der Waals surface area contributed by atoms with Crippen LogP contribution in [0.5, 0.6) is 0 Å². The number of unbranched alkanes of at least 4 members (excludes halogenated alkanes) is 1. The number of hydrogen-bond acceptors (Lipinski definition) is 6. The second-order valence-corrected chi connectivity index (χ2v) is 8.05. The van der Waals surface area contributed by atoms with Crippen LogP contribution in [-0.4, -0.2) is 44.4 Å². The molecule has 3 rings (SSSR count). The highest BCUT2D eigenvalue weighted by atomic mass is 16.5. The Morgan fingerprint density at radius 1 is 1.17 bits per heavy atom. The van der Waals surface area contributed by atoms with Gasteiger partial charge in [-0.1, -0.05) is 0 Å². The van der Waals surface area contributed by atoms with Crippen LogP contribution < -0.4 is 16.6 Å². The second-order valence-electron chi connectivity index (χ2n) is 8.05. The Morgan fingerprint density at radius 3 is 2.60 bits per heavy atom. The van der Waals surface area contributed by atoms with Crippen LogP contribution in [-0.2, 0) is 36.6 Å². The smallest absolute Gasteiger partial charge is 0.332 e. The van der Waals surface area contributed by atoms with Crippen molar-refractivity contribution in [3.63, 3.8) is 0 Å².